The summed E-state index contributed by atoms with van der Waals surface area (Å²) in [5, 5.41) is 3.14. The zero-order chi connectivity index (χ0) is 19.2. The number of hydrogen-bond acceptors (Lipinski definition) is 3. The normalized spacial score (nSPS) is 11.2. The number of nitrogens with one attached hydrogen (secondary N) is 2. The first-order valence-corrected chi connectivity index (χ1v) is 10.4. The average Bonchev–Trinajstić information content (AvgIpc) is 2.60. The number of halogens is 2. The van der Waals surface area contributed by atoms with Crippen LogP contribution in [-0.4, -0.2) is 20.9 Å². The van der Waals surface area contributed by atoms with Gasteiger partial charge in [-0.15, -0.1) is 0 Å². The lowest BCUT2D eigenvalue weighted by Crippen LogP contribution is -2.24. The third-order valence-electron chi connectivity index (χ3n) is 3.63. The summed E-state index contributed by atoms with van der Waals surface area (Å²) in [4.78, 5) is 12.0. The van der Waals surface area contributed by atoms with Crippen molar-refractivity contribution >= 4 is 44.8 Å². The minimum atomic E-state index is -3.93. The van der Waals surface area contributed by atoms with Crippen LogP contribution in [-0.2, 0) is 10.0 Å². The maximum atomic E-state index is 12.5. The first-order valence-electron chi connectivity index (χ1n) is 8.19. The van der Waals surface area contributed by atoms with Crippen LogP contribution in [0.2, 0.25) is 10.0 Å². The summed E-state index contributed by atoms with van der Waals surface area (Å²) in [7, 11) is -3.93. The Bertz CT molecular complexity index is 886. The third kappa shape index (κ3) is 5.62. The van der Waals surface area contributed by atoms with Crippen molar-refractivity contribution in [2.75, 3.05) is 11.3 Å². The fourth-order valence-electron chi connectivity index (χ4n) is 2.30. The maximum absolute atomic E-state index is 12.5. The predicted molar refractivity (Wildman–Crippen MR) is 106 cm³/mol. The molecule has 2 aromatic carbocycles. The van der Waals surface area contributed by atoms with Crippen molar-refractivity contribution in [2.45, 2.75) is 31.1 Å². The van der Waals surface area contributed by atoms with Crippen molar-refractivity contribution in [1.82, 2.24) is 5.32 Å². The number of hydrogen-bond donors (Lipinski definition) is 2. The molecule has 2 rings (SSSR count). The first kappa shape index (κ1) is 20.6. The molecular formula is C18H20Cl2N2O3S. The van der Waals surface area contributed by atoms with Crippen molar-refractivity contribution in [3.8, 4) is 0 Å². The standard InChI is InChI=1S/C18H20Cl2N2O3S/c1-2-3-4-10-21-18(23)13-6-5-7-15(11-13)22-26(24,25)17-12-14(19)8-9-16(17)20/h5-9,11-12,22H,2-4,10H2,1H3,(H,21,23). The molecule has 0 heterocycles. The van der Waals surface area contributed by atoms with Gasteiger partial charge in [-0.05, 0) is 42.8 Å². The van der Waals surface area contributed by atoms with Crippen LogP contribution >= 0.6 is 23.2 Å². The molecule has 0 radical (unpaired) electrons. The van der Waals surface area contributed by atoms with Gasteiger partial charge < -0.3 is 5.32 Å². The molecule has 0 unspecified atom stereocenters. The van der Waals surface area contributed by atoms with Crippen LogP contribution in [0.25, 0.3) is 0 Å². The Balaban J connectivity index is 2.15. The quantitative estimate of drug-likeness (QED) is 0.613. The topological polar surface area (TPSA) is 75.3 Å². The lowest BCUT2D eigenvalue weighted by molar-refractivity contribution is 0.0953. The highest BCUT2D eigenvalue weighted by Gasteiger charge is 2.19. The summed E-state index contributed by atoms with van der Waals surface area (Å²) < 4.78 is 27.5. The van der Waals surface area contributed by atoms with E-state index in [1.54, 1.807) is 18.2 Å². The van der Waals surface area contributed by atoms with Gasteiger partial charge in [0.25, 0.3) is 15.9 Å². The molecule has 0 atom stereocenters. The van der Waals surface area contributed by atoms with Crippen molar-refractivity contribution in [3.05, 3.63) is 58.1 Å². The van der Waals surface area contributed by atoms with Crippen molar-refractivity contribution in [1.29, 1.82) is 0 Å². The number of carbonyl (C=O) groups excluding carboxylic acids is 1. The highest BCUT2D eigenvalue weighted by molar-refractivity contribution is 7.92. The van der Waals surface area contributed by atoms with E-state index in [1.807, 2.05) is 0 Å². The van der Waals surface area contributed by atoms with E-state index in [-0.39, 0.29) is 26.5 Å². The number of sulfonamides is 1. The number of amides is 1. The molecule has 0 aliphatic heterocycles. The van der Waals surface area contributed by atoms with E-state index < -0.39 is 10.0 Å². The lowest BCUT2D eigenvalue weighted by Gasteiger charge is -2.11. The molecule has 0 aliphatic rings. The van der Waals surface area contributed by atoms with Gasteiger partial charge in [-0.2, -0.15) is 0 Å². The molecule has 0 fully saturated rings. The van der Waals surface area contributed by atoms with E-state index in [4.69, 9.17) is 23.2 Å². The van der Waals surface area contributed by atoms with E-state index in [9.17, 15) is 13.2 Å². The molecular weight excluding hydrogens is 395 g/mol. The Kier molecular flexibility index (Phi) is 7.32. The number of rotatable bonds is 8. The number of anilines is 1. The molecule has 0 spiro atoms. The van der Waals surface area contributed by atoms with Gasteiger partial charge in [0.15, 0.2) is 0 Å². The van der Waals surface area contributed by atoms with Crippen LogP contribution in [0, 0.1) is 0 Å². The Labute approximate surface area is 163 Å². The smallest absolute Gasteiger partial charge is 0.263 e. The predicted octanol–water partition coefficient (Wildman–Crippen LogP) is 4.71. The first-order chi connectivity index (χ1) is 12.3. The van der Waals surface area contributed by atoms with Crippen molar-refractivity contribution < 1.29 is 13.2 Å². The van der Waals surface area contributed by atoms with Gasteiger partial charge in [0.2, 0.25) is 0 Å². The molecule has 0 bridgehead atoms. The molecule has 8 heteroatoms. The molecule has 0 aliphatic carbocycles. The van der Waals surface area contributed by atoms with Crippen LogP contribution in [0.5, 0.6) is 0 Å². The summed E-state index contributed by atoms with van der Waals surface area (Å²) in [6.45, 7) is 2.67. The highest BCUT2D eigenvalue weighted by Crippen LogP contribution is 2.27. The molecule has 140 valence electrons. The number of benzene rings is 2. The fourth-order valence-corrected chi connectivity index (χ4v) is 4.11. The van der Waals surface area contributed by atoms with E-state index in [0.29, 0.717) is 12.1 Å². The third-order valence-corrected chi connectivity index (χ3v) is 5.72. The molecule has 2 N–H and O–H groups in total. The minimum Gasteiger partial charge on any atom is -0.352 e. The monoisotopic (exact) mass is 414 g/mol. The molecule has 1 amide bonds. The lowest BCUT2D eigenvalue weighted by atomic mass is 10.2. The number of carbonyl (C=O) groups is 1. The van der Waals surface area contributed by atoms with E-state index in [0.717, 1.165) is 19.3 Å². The summed E-state index contributed by atoms with van der Waals surface area (Å²) in [6.07, 6.45) is 3.02. The van der Waals surface area contributed by atoms with Crippen LogP contribution in [0.4, 0.5) is 5.69 Å². The second-order valence-electron chi connectivity index (χ2n) is 5.72. The summed E-state index contributed by atoms with van der Waals surface area (Å²) in [6, 6.07) is 10.5. The highest BCUT2D eigenvalue weighted by atomic mass is 35.5. The summed E-state index contributed by atoms with van der Waals surface area (Å²) >= 11 is 11.8. The van der Waals surface area contributed by atoms with E-state index in [1.165, 1.54) is 24.3 Å². The second kappa shape index (κ2) is 9.26. The van der Waals surface area contributed by atoms with Gasteiger partial charge in [0, 0.05) is 22.8 Å². The largest absolute Gasteiger partial charge is 0.352 e. The van der Waals surface area contributed by atoms with E-state index in [2.05, 4.69) is 17.0 Å². The Morgan fingerprint density at radius 2 is 1.85 bits per heavy atom. The number of unbranched alkanes of at least 4 members (excludes halogenated alkanes) is 2. The van der Waals surface area contributed by atoms with Crippen LogP contribution < -0.4 is 10.0 Å². The molecule has 26 heavy (non-hydrogen) atoms. The molecule has 0 aromatic heterocycles. The van der Waals surface area contributed by atoms with Gasteiger partial charge in [-0.1, -0.05) is 49.0 Å². The van der Waals surface area contributed by atoms with Gasteiger partial charge >= 0.3 is 0 Å². The van der Waals surface area contributed by atoms with Crippen molar-refractivity contribution in [3.63, 3.8) is 0 Å². The SMILES string of the molecule is CCCCCNC(=O)c1cccc(NS(=O)(=O)c2cc(Cl)ccc2Cl)c1. The Hall–Kier alpha value is -1.76. The Morgan fingerprint density at radius 1 is 1.08 bits per heavy atom. The molecule has 0 saturated carbocycles. The van der Waals surface area contributed by atoms with Crippen LogP contribution in [0.15, 0.2) is 47.4 Å². The van der Waals surface area contributed by atoms with Crippen LogP contribution in [0.3, 0.4) is 0 Å². The molecule has 2 aromatic rings. The molecule has 0 saturated heterocycles. The van der Waals surface area contributed by atoms with Gasteiger partial charge in [-0.25, -0.2) is 8.42 Å². The maximum Gasteiger partial charge on any atom is 0.263 e. The van der Waals surface area contributed by atoms with Crippen LogP contribution in [0.1, 0.15) is 36.5 Å². The second-order valence-corrected chi connectivity index (χ2v) is 8.22. The van der Waals surface area contributed by atoms with Gasteiger partial charge in [0.1, 0.15) is 4.90 Å². The van der Waals surface area contributed by atoms with Crippen molar-refractivity contribution in [2.24, 2.45) is 0 Å². The zero-order valence-corrected chi connectivity index (χ0v) is 16.6. The Morgan fingerprint density at radius 3 is 2.58 bits per heavy atom. The van der Waals surface area contributed by atoms with Gasteiger partial charge in [0.05, 0.1) is 5.02 Å². The fraction of sp³-hybridized carbons (Fsp3) is 0.278. The zero-order valence-electron chi connectivity index (χ0n) is 14.3. The van der Waals surface area contributed by atoms with Gasteiger partial charge in [-0.3, -0.25) is 9.52 Å². The average molecular weight is 415 g/mol. The minimum absolute atomic E-state index is 0.0618. The molecule has 5 nitrogen and oxygen atoms in total. The summed E-state index contributed by atoms with van der Waals surface area (Å²) in [5.74, 6) is -0.247. The summed E-state index contributed by atoms with van der Waals surface area (Å²) in [5.41, 5.74) is 0.640. The van der Waals surface area contributed by atoms with E-state index >= 15 is 0 Å².